The molecule has 3 heteroatoms. The summed E-state index contributed by atoms with van der Waals surface area (Å²) < 4.78 is 5.54. The van der Waals surface area contributed by atoms with Crippen molar-refractivity contribution < 1.29 is 9.84 Å². The Balaban J connectivity index is 2.01. The second kappa shape index (κ2) is 6.88. The van der Waals surface area contributed by atoms with Crippen LogP contribution in [0.1, 0.15) is 37.3 Å². The normalized spacial score (nSPS) is 25.9. The number of hydrogen-bond acceptors (Lipinski definition) is 3. The van der Waals surface area contributed by atoms with Crippen LogP contribution < -0.4 is 5.32 Å². The van der Waals surface area contributed by atoms with Crippen molar-refractivity contribution >= 4 is 0 Å². The zero-order valence-electron chi connectivity index (χ0n) is 11.0. The van der Waals surface area contributed by atoms with Crippen molar-refractivity contribution in [2.45, 2.75) is 43.9 Å². The van der Waals surface area contributed by atoms with Gasteiger partial charge in [0, 0.05) is 13.2 Å². The van der Waals surface area contributed by atoms with Crippen LogP contribution in [-0.4, -0.2) is 31.0 Å². The van der Waals surface area contributed by atoms with E-state index < -0.39 is 0 Å². The smallest absolute Gasteiger partial charge is 0.0724 e. The van der Waals surface area contributed by atoms with E-state index in [1.807, 2.05) is 18.2 Å². The molecule has 0 saturated heterocycles. The van der Waals surface area contributed by atoms with Gasteiger partial charge >= 0.3 is 0 Å². The molecule has 3 nitrogen and oxygen atoms in total. The van der Waals surface area contributed by atoms with Gasteiger partial charge in [-0.15, -0.1) is 0 Å². The third kappa shape index (κ3) is 3.31. The van der Waals surface area contributed by atoms with Crippen LogP contribution in [0.2, 0.25) is 0 Å². The lowest BCUT2D eigenvalue weighted by Gasteiger charge is -2.34. The molecule has 0 spiro atoms. The van der Waals surface area contributed by atoms with Crippen LogP contribution in [0.25, 0.3) is 0 Å². The summed E-state index contributed by atoms with van der Waals surface area (Å²) in [5.41, 5.74) is 1.14. The predicted molar refractivity (Wildman–Crippen MR) is 72.5 cm³/mol. The van der Waals surface area contributed by atoms with Gasteiger partial charge in [-0.2, -0.15) is 0 Å². The Bertz CT molecular complexity index is 342. The lowest BCUT2D eigenvalue weighted by Crippen LogP contribution is -2.45. The van der Waals surface area contributed by atoms with Crippen LogP contribution in [0.3, 0.4) is 0 Å². The molecule has 2 rings (SSSR count). The minimum absolute atomic E-state index is 0.00644. The van der Waals surface area contributed by atoms with Gasteiger partial charge in [-0.25, -0.2) is 0 Å². The highest BCUT2D eigenvalue weighted by Gasteiger charge is 2.27. The molecule has 0 bridgehead atoms. The van der Waals surface area contributed by atoms with Crippen LogP contribution in [0.5, 0.6) is 0 Å². The van der Waals surface area contributed by atoms with Crippen LogP contribution in [0, 0.1) is 0 Å². The summed E-state index contributed by atoms with van der Waals surface area (Å²) in [5.74, 6) is 0. The number of nitrogens with one attached hydrogen (secondary N) is 1. The molecular weight excluding hydrogens is 226 g/mol. The molecule has 1 fully saturated rings. The highest BCUT2D eigenvalue weighted by Crippen LogP contribution is 2.23. The number of aliphatic hydroxyl groups excluding tert-OH is 1. The van der Waals surface area contributed by atoms with E-state index in [1.54, 1.807) is 7.11 Å². The lowest BCUT2D eigenvalue weighted by molar-refractivity contribution is 0.0342. The van der Waals surface area contributed by atoms with Crippen LogP contribution in [0.4, 0.5) is 0 Å². The van der Waals surface area contributed by atoms with Gasteiger partial charge in [0.2, 0.25) is 0 Å². The van der Waals surface area contributed by atoms with E-state index in [-0.39, 0.29) is 18.8 Å². The van der Waals surface area contributed by atoms with Gasteiger partial charge in [0.25, 0.3) is 0 Å². The zero-order chi connectivity index (χ0) is 12.8. The van der Waals surface area contributed by atoms with Crippen molar-refractivity contribution in [3.05, 3.63) is 35.9 Å². The minimum atomic E-state index is 0.00644. The molecule has 0 aromatic heterocycles. The summed E-state index contributed by atoms with van der Waals surface area (Å²) in [6.45, 7) is 0.122. The Morgan fingerprint density at radius 3 is 2.67 bits per heavy atom. The summed E-state index contributed by atoms with van der Waals surface area (Å²) in [5, 5.41) is 13.1. The first kappa shape index (κ1) is 13.5. The fraction of sp³-hybridized carbons (Fsp3) is 0.600. The van der Waals surface area contributed by atoms with Gasteiger partial charge in [-0.05, 0) is 18.4 Å². The van der Waals surface area contributed by atoms with Crippen molar-refractivity contribution in [3.63, 3.8) is 0 Å². The number of rotatable bonds is 5. The molecule has 100 valence electrons. The molecule has 1 saturated carbocycles. The van der Waals surface area contributed by atoms with Crippen molar-refractivity contribution in [1.82, 2.24) is 5.32 Å². The van der Waals surface area contributed by atoms with Crippen LogP contribution in [0.15, 0.2) is 30.3 Å². The molecule has 0 aliphatic heterocycles. The van der Waals surface area contributed by atoms with Gasteiger partial charge in [0.05, 0.1) is 18.8 Å². The summed E-state index contributed by atoms with van der Waals surface area (Å²) in [6.07, 6.45) is 5.00. The molecule has 1 aromatic carbocycles. The Labute approximate surface area is 109 Å². The maximum atomic E-state index is 9.57. The number of methoxy groups -OCH3 is 1. The molecule has 1 aromatic rings. The molecule has 1 aliphatic carbocycles. The lowest BCUT2D eigenvalue weighted by atomic mass is 9.91. The summed E-state index contributed by atoms with van der Waals surface area (Å²) in [7, 11) is 1.78. The first-order valence-electron chi connectivity index (χ1n) is 6.79. The maximum absolute atomic E-state index is 9.57. The van der Waals surface area contributed by atoms with E-state index in [0.29, 0.717) is 6.04 Å². The van der Waals surface area contributed by atoms with Gasteiger partial charge in [-0.3, -0.25) is 0 Å². The van der Waals surface area contributed by atoms with Crippen molar-refractivity contribution in [2.24, 2.45) is 0 Å². The second-order valence-corrected chi connectivity index (χ2v) is 4.98. The summed E-state index contributed by atoms with van der Waals surface area (Å²) in [4.78, 5) is 0. The molecule has 0 heterocycles. The largest absolute Gasteiger partial charge is 0.394 e. The fourth-order valence-corrected chi connectivity index (χ4v) is 2.77. The Kier molecular flexibility index (Phi) is 5.17. The SMILES string of the molecule is COC1CCCCC1NC(CO)c1ccccc1. The van der Waals surface area contributed by atoms with E-state index >= 15 is 0 Å². The minimum Gasteiger partial charge on any atom is -0.394 e. The van der Waals surface area contributed by atoms with Crippen LogP contribution >= 0.6 is 0 Å². The predicted octanol–water partition coefficient (Wildman–Crippen LogP) is 2.27. The van der Waals surface area contributed by atoms with Gasteiger partial charge in [0.1, 0.15) is 0 Å². The molecule has 1 aliphatic rings. The third-order valence-corrected chi connectivity index (χ3v) is 3.81. The number of benzene rings is 1. The average Bonchev–Trinajstić information content (AvgIpc) is 2.46. The topological polar surface area (TPSA) is 41.5 Å². The molecule has 3 atom stereocenters. The second-order valence-electron chi connectivity index (χ2n) is 4.98. The van der Waals surface area contributed by atoms with Gasteiger partial charge in [-0.1, -0.05) is 43.2 Å². The third-order valence-electron chi connectivity index (χ3n) is 3.81. The summed E-state index contributed by atoms with van der Waals surface area (Å²) in [6, 6.07) is 10.5. The Morgan fingerprint density at radius 1 is 1.28 bits per heavy atom. The molecular formula is C15H23NO2. The molecule has 0 radical (unpaired) electrons. The zero-order valence-corrected chi connectivity index (χ0v) is 11.0. The highest BCUT2D eigenvalue weighted by molar-refractivity contribution is 5.19. The molecule has 2 N–H and O–H groups in total. The van der Waals surface area contributed by atoms with Crippen molar-refractivity contribution in [1.29, 1.82) is 0 Å². The monoisotopic (exact) mass is 249 g/mol. The van der Waals surface area contributed by atoms with Crippen molar-refractivity contribution in [2.75, 3.05) is 13.7 Å². The number of hydrogen-bond donors (Lipinski definition) is 2. The van der Waals surface area contributed by atoms with Crippen molar-refractivity contribution in [3.8, 4) is 0 Å². The van der Waals surface area contributed by atoms with Gasteiger partial charge in [0.15, 0.2) is 0 Å². The molecule has 3 unspecified atom stereocenters. The standard InChI is InChI=1S/C15H23NO2/c1-18-15-10-6-5-9-13(15)16-14(11-17)12-7-3-2-4-8-12/h2-4,7-8,13-17H,5-6,9-11H2,1H3. The fourth-order valence-electron chi connectivity index (χ4n) is 2.77. The first-order valence-corrected chi connectivity index (χ1v) is 6.79. The number of ether oxygens (including phenoxy) is 1. The van der Waals surface area contributed by atoms with E-state index in [9.17, 15) is 5.11 Å². The van der Waals surface area contributed by atoms with Crippen LogP contribution in [-0.2, 0) is 4.74 Å². The Hall–Kier alpha value is -0.900. The molecule has 0 amide bonds. The van der Waals surface area contributed by atoms with E-state index in [1.165, 1.54) is 12.8 Å². The Morgan fingerprint density at radius 2 is 2.00 bits per heavy atom. The quantitative estimate of drug-likeness (QED) is 0.841. The first-order chi connectivity index (χ1) is 8.85. The van der Waals surface area contributed by atoms with E-state index in [0.717, 1.165) is 18.4 Å². The van der Waals surface area contributed by atoms with Gasteiger partial charge < -0.3 is 15.2 Å². The average molecular weight is 249 g/mol. The summed E-state index contributed by atoms with van der Waals surface area (Å²) >= 11 is 0. The molecule has 18 heavy (non-hydrogen) atoms. The van der Waals surface area contributed by atoms with E-state index in [4.69, 9.17) is 4.74 Å². The maximum Gasteiger partial charge on any atom is 0.0724 e. The highest BCUT2D eigenvalue weighted by atomic mass is 16.5. The van der Waals surface area contributed by atoms with E-state index in [2.05, 4.69) is 17.4 Å². The number of aliphatic hydroxyl groups is 1.